The van der Waals surface area contributed by atoms with E-state index in [9.17, 15) is 0 Å². The Morgan fingerprint density at radius 2 is 2.45 bits per heavy atom. The molecule has 0 aromatic heterocycles. The summed E-state index contributed by atoms with van der Waals surface area (Å²) >= 11 is 0. The molecule has 0 fully saturated rings. The van der Waals surface area contributed by atoms with Crippen LogP contribution in [0.3, 0.4) is 0 Å². The monoisotopic (exact) mass is 150 g/mol. The Morgan fingerprint density at radius 1 is 1.73 bits per heavy atom. The molecule has 1 aliphatic carbocycles. The van der Waals surface area contributed by atoms with Crippen LogP contribution in [0.4, 0.5) is 0 Å². The summed E-state index contributed by atoms with van der Waals surface area (Å²) in [6, 6.07) is 0. The van der Waals surface area contributed by atoms with E-state index >= 15 is 0 Å². The van der Waals surface area contributed by atoms with E-state index in [4.69, 9.17) is 5.73 Å². The number of nitrogens with one attached hydrogen (secondary N) is 1. The van der Waals surface area contributed by atoms with Crippen LogP contribution in [0, 0.1) is 0 Å². The third kappa shape index (κ3) is 2.15. The topological polar surface area (TPSA) is 38.0 Å². The van der Waals surface area contributed by atoms with Gasteiger partial charge in [0.05, 0.1) is 5.70 Å². The average molecular weight is 150 g/mol. The third-order valence-electron chi connectivity index (χ3n) is 1.56. The maximum Gasteiger partial charge on any atom is 0.0569 e. The Hall–Kier alpha value is -1.18. The van der Waals surface area contributed by atoms with Crippen LogP contribution in [0.15, 0.2) is 35.8 Å². The minimum atomic E-state index is 0.925. The lowest BCUT2D eigenvalue weighted by molar-refractivity contribution is 0.866. The largest absolute Gasteiger partial charge is 0.400 e. The minimum absolute atomic E-state index is 0.925. The number of hydrogen-bond donors (Lipinski definition) is 2. The SMILES string of the molecule is C=C(C)NC1=C(N)CCC=C1. The molecule has 11 heavy (non-hydrogen) atoms. The second kappa shape index (κ2) is 3.28. The molecule has 0 radical (unpaired) electrons. The highest BCUT2D eigenvalue weighted by atomic mass is 14.9. The van der Waals surface area contributed by atoms with E-state index in [1.165, 1.54) is 0 Å². The van der Waals surface area contributed by atoms with E-state index in [0.29, 0.717) is 0 Å². The summed E-state index contributed by atoms with van der Waals surface area (Å²) in [6.07, 6.45) is 6.12. The summed E-state index contributed by atoms with van der Waals surface area (Å²) in [7, 11) is 0. The van der Waals surface area contributed by atoms with Gasteiger partial charge in [-0.15, -0.1) is 0 Å². The average Bonchev–Trinajstić information content (AvgIpc) is 1.93. The lowest BCUT2D eigenvalue weighted by Gasteiger charge is -2.13. The highest BCUT2D eigenvalue weighted by Crippen LogP contribution is 2.12. The highest BCUT2D eigenvalue weighted by Gasteiger charge is 2.03. The zero-order valence-electron chi connectivity index (χ0n) is 6.85. The van der Waals surface area contributed by atoms with Gasteiger partial charge >= 0.3 is 0 Å². The van der Waals surface area contributed by atoms with Crippen LogP contribution in [0.2, 0.25) is 0 Å². The molecule has 2 nitrogen and oxygen atoms in total. The van der Waals surface area contributed by atoms with Gasteiger partial charge in [0.25, 0.3) is 0 Å². The van der Waals surface area contributed by atoms with Gasteiger partial charge in [0.2, 0.25) is 0 Å². The van der Waals surface area contributed by atoms with E-state index in [2.05, 4.69) is 18.0 Å². The van der Waals surface area contributed by atoms with Crippen molar-refractivity contribution < 1.29 is 0 Å². The molecule has 0 aromatic rings. The second-order valence-corrected chi connectivity index (χ2v) is 2.79. The Bertz CT molecular complexity index is 224. The van der Waals surface area contributed by atoms with Gasteiger partial charge in [-0.1, -0.05) is 12.7 Å². The van der Waals surface area contributed by atoms with Gasteiger partial charge in [-0.05, 0) is 25.8 Å². The fourth-order valence-electron chi connectivity index (χ4n) is 1.03. The maximum absolute atomic E-state index is 5.75. The summed E-state index contributed by atoms with van der Waals surface area (Å²) in [5.74, 6) is 0. The Morgan fingerprint density at radius 3 is 3.00 bits per heavy atom. The first-order chi connectivity index (χ1) is 5.20. The van der Waals surface area contributed by atoms with Crippen molar-refractivity contribution in [3.63, 3.8) is 0 Å². The smallest absolute Gasteiger partial charge is 0.0569 e. The molecule has 3 N–H and O–H groups in total. The molecule has 0 aliphatic heterocycles. The Kier molecular flexibility index (Phi) is 2.36. The standard InChI is InChI=1S/C9H14N2/c1-7(2)11-9-6-4-3-5-8(9)10/h4,6,11H,1,3,5,10H2,2H3. The number of allylic oxidation sites excluding steroid dienone is 4. The zero-order valence-corrected chi connectivity index (χ0v) is 6.85. The number of rotatable bonds is 2. The molecule has 0 bridgehead atoms. The van der Waals surface area contributed by atoms with E-state index in [0.717, 1.165) is 29.9 Å². The van der Waals surface area contributed by atoms with E-state index < -0.39 is 0 Å². The van der Waals surface area contributed by atoms with Crippen molar-refractivity contribution in [3.05, 3.63) is 35.8 Å². The lowest BCUT2D eigenvalue weighted by atomic mass is 10.1. The molecule has 0 heterocycles. The summed E-state index contributed by atoms with van der Waals surface area (Å²) in [5, 5.41) is 3.10. The van der Waals surface area contributed by atoms with Crippen LogP contribution < -0.4 is 11.1 Å². The van der Waals surface area contributed by atoms with Crippen LogP contribution in [0.25, 0.3) is 0 Å². The van der Waals surface area contributed by atoms with Gasteiger partial charge in [-0.3, -0.25) is 0 Å². The van der Waals surface area contributed by atoms with Crippen LogP contribution in [-0.4, -0.2) is 0 Å². The molecule has 1 aliphatic rings. The van der Waals surface area contributed by atoms with Crippen LogP contribution >= 0.6 is 0 Å². The van der Waals surface area contributed by atoms with Crippen molar-refractivity contribution >= 4 is 0 Å². The quantitative estimate of drug-likeness (QED) is 0.628. The summed E-state index contributed by atoms with van der Waals surface area (Å²) < 4.78 is 0. The number of nitrogens with two attached hydrogens (primary N) is 1. The van der Waals surface area contributed by atoms with Gasteiger partial charge in [0.1, 0.15) is 0 Å². The molecule has 0 saturated carbocycles. The fourth-order valence-corrected chi connectivity index (χ4v) is 1.03. The highest BCUT2D eigenvalue weighted by molar-refractivity contribution is 5.28. The van der Waals surface area contributed by atoms with Crippen LogP contribution in [0.1, 0.15) is 19.8 Å². The molecule has 0 spiro atoms. The van der Waals surface area contributed by atoms with E-state index in [1.807, 2.05) is 13.0 Å². The van der Waals surface area contributed by atoms with Crippen molar-refractivity contribution in [2.45, 2.75) is 19.8 Å². The third-order valence-corrected chi connectivity index (χ3v) is 1.56. The van der Waals surface area contributed by atoms with Gasteiger partial charge in [-0.2, -0.15) is 0 Å². The normalized spacial score (nSPS) is 16.8. The van der Waals surface area contributed by atoms with Gasteiger partial charge in [0, 0.05) is 11.4 Å². The van der Waals surface area contributed by atoms with Crippen molar-refractivity contribution in [2.75, 3.05) is 0 Å². The summed E-state index contributed by atoms with van der Waals surface area (Å²) in [4.78, 5) is 0. The minimum Gasteiger partial charge on any atom is -0.400 e. The van der Waals surface area contributed by atoms with Gasteiger partial charge < -0.3 is 11.1 Å². The molecule has 0 amide bonds. The van der Waals surface area contributed by atoms with Crippen molar-refractivity contribution in [1.82, 2.24) is 5.32 Å². The van der Waals surface area contributed by atoms with Crippen LogP contribution in [-0.2, 0) is 0 Å². The van der Waals surface area contributed by atoms with Crippen molar-refractivity contribution in [2.24, 2.45) is 5.73 Å². The molecule has 2 heteroatoms. The van der Waals surface area contributed by atoms with Crippen molar-refractivity contribution in [1.29, 1.82) is 0 Å². The molecule has 1 rings (SSSR count). The van der Waals surface area contributed by atoms with E-state index in [1.54, 1.807) is 0 Å². The maximum atomic E-state index is 5.75. The first kappa shape index (κ1) is 7.92. The Labute approximate surface area is 67.5 Å². The van der Waals surface area contributed by atoms with E-state index in [-0.39, 0.29) is 0 Å². The fraction of sp³-hybridized carbons (Fsp3) is 0.333. The van der Waals surface area contributed by atoms with Crippen LogP contribution in [0.5, 0.6) is 0 Å². The zero-order chi connectivity index (χ0) is 8.27. The summed E-state index contributed by atoms with van der Waals surface area (Å²) in [5.41, 5.74) is 8.61. The number of hydrogen-bond acceptors (Lipinski definition) is 2. The molecule has 0 atom stereocenters. The van der Waals surface area contributed by atoms with Crippen molar-refractivity contribution in [3.8, 4) is 0 Å². The summed E-state index contributed by atoms with van der Waals surface area (Å²) in [6.45, 7) is 5.67. The lowest BCUT2D eigenvalue weighted by Crippen LogP contribution is -2.16. The van der Waals surface area contributed by atoms with Gasteiger partial charge in [-0.25, -0.2) is 0 Å². The Balaban J connectivity index is 2.68. The molecule has 0 saturated heterocycles. The first-order valence-electron chi connectivity index (χ1n) is 3.78. The second-order valence-electron chi connectivity index (χ2n) is 2.79. The predicted molar refractivity (Wildman–Crippen MR) is 47.5 cm³/mol. The first-order valence-corrected chi connectivity index (χ1v) is 3.78. The molecular weight excluding hydrogens is 136 g/mol. The molecule has 0 unspecified atom stereocenters. The van der Waals surface area contributed by atoms with Gasteiger partial charge in [0.15, 0.2) is 0 Å². The predicted octanol–water partition coefficient (Wildman–Crippen LogP) is 1.63. The molecular formula is C9H14N2. The molecule has 60 valence electrons. The molecule has 0 aromatic carbocycles.